The normalized spacial score (nSPS) is 21.5. The highest BCUT2D eigenvalue weighted by Crippen LogP contribution is 2.69. The number of rotatable bonds is 3. The lowest BCUT2D eigenvalue weighted by Crippen LogP contribution is -2.17. The highest BCUT2D eigenvalue weighted by atomic mass is 16.1. The van der Waals surface area contributed by atoms with E-state index >= 15 is 0 Å². The first-order chi connectivity index (χ1) is 8.75. The van der Waals surface area contributed by atoms with E-state index in [1.165, 1.54) is 0 Å². The molecule has 2 heteroatoms. The van der Waals surface area contributed by atoms with Crippen LogP contribution in [-0.4, -0.2) is 5.78 Å². The smallest absolute Gasteiger partial charge is 0.158 e. The Bertz CT molecular complexity index is 549. The lowest BCUT2D eigenvalue weighted by atomic mass is 9.88. The first-order valence-corrected chi connectivity index (χ1v) is 6.74. The third-order valence-corrected chi connectivity index (χ3v) is 5.22. The molecule has 1 aliphatic rings. The van der Waals surface area contributed by atoms with Gasteiger partial charge in [-0.3, -0.25) is 4.79 Å². The van der Waals surface area contributed by atoms with Crippen molar-refractivity contribution < 1.29 is 4.79 Å². The number of ketones is 1. The van der Waals surface area contributed by atoms with Crippen LogP contribution in [0.15, 0.2) is 24.3 Å². The van der Waals surface area contributed by atoms with Gasteiger partial charge in [0.1, 0.15) is 5.92 Å². The van der Waals surface area contributed by atoms with Crippen LogP contribution in [0.1, 0.15) is 44.7 Å². The molecule has 1 aliphatic carbocycles. The Morgan fingerprint density at radius 1 is 1.21 bits per heavy atom. The first kappa shape index (κ1) is 13.8. The maximum absolute atomic E-state index is 12.7. The van der Waals surface area contributed by atoms with E-state index in [0.29, 0.717) is 0 Å². The van der Waals surface area contributed by atoms with Gasteiger partial charge in [0.2, 0.25) is 0 Å². The minimum absolute atomic E-state index is 0.0120. The van der Waals surface area contributed by atoms with Crippen molar-refractivity contribution in [1.82, 2.24) is 0 Å². The summed E-state index contributed by atoms with van der Waals surface area (Å²) in [4.78, 5) is 12.7. The average Bonchev–Trinajstić information content (AvgIpc) is 2.73. The first-order valence-electron chi connectivity index (χ1n) is 6.74. The van der Waals surface area contributed by atoms with Crippen molar-refractivity contribution in [2.24, 2.45) is 16.7 Å². The lowest BCUT2D eigenvalue weighted by Gasteiger charge is -2.12. The molecule has 19 heavy (non-hydrogen) atoms. The Morgan fingerprint density at radius 3 is 2.16 bits per heavy atom. The third-order valence-electron chi connectivity index (χ3n) is 5.22. The minimum Gasteiger partial charge on any atom is -0.297 e. The van der Waals surface area contributed by atoms with Gasteiger partial charge in [-0.15, -0.1) is 0 Å². The van der Waals surface area contributed by atoms with Gasteiger partial charge in [-0.05, 0) is 28.9 Å². The van der Waals surface area contributed by atoms with Crippen molar-refractivity contribution >= 4 is 5.78 Å². The largest absolute Gasteiger partial charge is 0.297 e. The predicted octanol–water partition coefficient (Wildman–Crippen LogP) is 3.85. The van der Waals surface area contributed by atoms with E-state index in [-0.39, 0.29) is 22.5 Å². The SMILES string of the molecule is Cc1ccccc1C(C#N)C(=O)C1C(C)(C)C1(C)C. The van der Waals surface area contributed by atoms with Crippen LogP contribution < -0.4 is 0 Å². The summed E-state index contributed by atoms with van der Waals surface area (Å²) in [6.45, 7) is 10.4. The number of nitriles is 1. The molecule has 2 rings (SSSR count). The quantitative estimate of drug-likeness (QED) is 0.823. The predicted molar refractivity (Wildman–Crippen MR) is 75.6 cm³/mol. The molecule has 0 aromatic heterocycles. The van der Waals surface area contributed by atoms with E-state index in [4.69, 9.17) is 0 Å². The fraction of sp³-hybridized carbons (Fsp3) is 0.529. The molecule has 0 aliphatic heterocycles. The van der Waals surface area contributed by atoms with Gasteiger partial charge in [-0.25, -0.2) is 0 Å². The molecule has 2 nitrogen and oxygen atoms in total. The van der Waals surface area contributed by atoms with Crippen LogP contribution in [0.3, 0.4) is 0 Å². The molecule has 0 saturated heterocycles. The van der Waals surface area contributed by atoms with Gasteiger partial charge in [0.05, 0.1) is 6.07 Å². The van der Waals surface area contributed by atoms with Gasteiger partial charge >= 0.3 is 0 Å². The molecule has 0 spiro atoms. The zero-order chi connectivity index (χ0) is 14.4. The zero-order valence-electron chi connectivity index (χ0n) is 12.3. The molecule has 1 saturated carbocycles. The van der Waals surface area contributed by atoms with Gasteiger partial charge in [0, 0.05) is 5.92 Å². The second-order valence-corrected chi connectivity index (χ2v) is 6.70. The summed E-state index contributed by atoms with van der Waals surface area (Å²) in [6, 6.07) is 9.88. The van der Waals surface area contributed by atoms with Gasteiger partial charge in [-0.1, -0.05) is 52.0 Å². The number of hydrogen-bond donors (Lipinski definition) is 0. The summed E-state index contributed by atoms with van der Waals surface area (Å²) in [5.74, 6) is -0.580. The van der Waals surface area contributed by atoms with Crippen LogP contribution in [0, 0.1) is 35.0 Å². The fourth-order valence-corrected chi connectivity index (χ4v) is 3.27. The maximum Gasteiger partial charge on any atom is 0.158 e. The molecule has 1 aromatic rings. The van der Waals surface area contributed by atoms with Crippen LogP contribution in [0.25, 0.3) is 0 Å². The molecule has 0 N–H and O–H groups in total. The van der Waals surface area contributed by atoms with E-state index < -0.39 is 5.92 Å². The molecule has 1 atom stereocenters. The molecule has 1 unspecified atom stereocenters. The molecule has 100 valence electrons. The number of carbonyl (C=O) groups excluding carboxylic acids is 1. The van der Waals surface area contributed by atoms with E-state index in [1.54, 1.807) is 0 Å². The number of hydrogen-bond acceptors (Lipinski definition) is 2. The van der Waals surface area contributed by atoms with E-state index in [0.717, 1.165) is 11.1 Å². The summed E-state index contributed by atoms with van der Waals surface area (Å²) >= 11 is 0. The lowest BCUT2D eigenvalue weighted by molar-refractivity contribution is -0.121. The Hall–Kier alpha value is -1.62. The number of Topliss-reactive ketones (excluding diaryl/α,β-unsaturated/α-hetero) is 1. The van der Waals surface area contributed by atoms with Gasteiger partial charge in [0.15, 0.2) is 5.78 Å². The minimum atomic E-state index is -0.632. The van der Waals surface area contributed by atoms with Crippen molar-refractivity contribution in [3.05, 3.63) is 35.4 Å². The second-order valence-electron chi connectivity index (χ2n) is 6.70. The summed E-state index contributed by atoms with van der Waals surface area (Å²) in [6.07, 6.45) is 0. The van der Waals surface area contributed by atoms with Crippen molar-refractivity contribution in [1.29, 1.82) is 5.26 Å². The van der Waals surface area contributed by atoms with Crippen LogP contribution in [-0.2, 0) is 4.79 Å². The maximum atomic E-state index is 12.7. The third kappa shape index (κ3) is 1.89. The molecular weight excluding hydrogens is 234 g/mol. The Morgan fingerprint density at radius 2 is 1.74 bits per heavy atom. The molecular formula is C17H21NO. The van der Waals surface area contributed by atoms with E-state index in [9.17, 15) is 10.1 Å². The van der Waals surface area contributed by atoms with Crippen molar-refractivity contribution in [3.8, 4) is 6.07 Å². The molecule has 1 aromatic carbocycles. The van der Waals surface area contributed by atoms with Gasteiger partial charge in [-0.2, -0.15) is 5.26 Å². The number of aryl methyl sites for hydroxylation is 1. The topological polar surface area (TPSA) is 40.9 Å². The van der Waals surface area contributed by atoms with Crippen molar-refractivity contribution in [3.63, 3.8) is 0 Å². The number of benzene rings is 1. The van der Waals surface area contributed by atoms with Gasteiger partial charge < -0.3 is 0 Å². The highest BCUT2D eigenvalue weighted by Gasteiger charge is 2.68. The Balaban J connectivity index is 2.34. The summed E-state index contributed by atoms with van der Waals surface area (Å²) in [5.41, 5.74) is 1.84. The highest BCUT2D eigenvalue weighted by molar-refractivity contribution is 5.94. The van der Waals surface area contributed by atoms with Crippen molar-refractivity contribution in [2.45, 2.75) is 40.5 Å². The molecule has 0 amide bonds. The van der Waals surface area contributed by atoms with Crippen LogP contribution in [0.5, 0.6) is 0 Å². The number of carbonyl (C=O) groups is 1. The standard InChI is InChI=1S/C17H21NO/c1-11-8-6-7-9-12(11)13(10-18)14(19)15-16(2,3)17(15,4)5/h6-9,13,15H,1-5H3. The fourth-order valence-electron chi connectivity index (χ4n) is 3.27. The summed E-state index contributed by atoms with van der Waals surface area (Å²) in [7, 11) is 0. The summed E-state index contributed by atoms with van der Waals surface area (Å²) in [5, 5.41) is 9.42. The van der Waals surface area contributed by atoms with E-state index in [2.05, 4.69) is 33.8 Å². The van der Waals surface area contributed by atoms with Gasteiger partial charge in [0.25, 0.3) is 0 Å². The average molecular weight is 255 g/mol. The second kappa shape index (κ2) is 4.20. The molecule has 0 radical (unpaired) electrons. The van der Waals surface area contributed by atoms with E-state index in [1.807, 2.05) is 31.2 Å². The van der Waals surface area contributed by atoms with Crippen molar-refractivity contribution in [2.75, 3.05) is 0 Å². The van der Waals surface area contributed by atoms with Crippen LogP contribution in [0.4, 0.5) is 0 Å². The molecule has 1 fully saturated rings. The van der Waals surface area contributed by atoms with Crippen LogP contribution in [0.2, 0.25) is 0 Å². The Labute approximate surface area is 115 Å². The number of nitrogens with zero attached hydrogens (tertiary/aromatic N) is 1. The monoisotopic (exact) mass is 255 g/mol. The zero-order valence-corrected chi connectivity index (χ0v) is 12.3. The molecule has 0 bridgehead atoms. The van der Waals surface area contributed by atoms with Crippen LogP contribution >= 0.6 is 0 Å². The summed E-state index contributed by atoms with van der Waals surface area (Å²) < 4.78 is 0. The molecule has 0 heterocycles. The Kier molecular flexibility index (Phi) is 3.05.